The fraction of sp³-hybridized carbons (Fsp3) is 0.231. The van der Waals surface area contributed by atoms with E-state index < -0.39 is 0 Å². The van der Waals surface area contributed by atoms with E-state index in [0.717, 1.165) is 10.0 Å². The van der Waals surface area contributed by atoms with Crippen molar-refractivity contribution in [2.24, 2.45) is 0 Å². The second-order valence-corrected chi connectivity index (χ2v) is 4.81. The van der Waals surface area contributed by atoms with Gasteiger partial charge in [-0.3, -0.25) is 9.59 Å². The van der Waals surface area contributed by atoms with E-state index >= 15 is 0 Å². The maximum absolute atomic E-state index is 11.4. The number of carbonyl (C=O) groups excluding carboxylic acids is 2. The van der Waals surface area contributed by atoms with Gasteiger partial charge in [-0.1, -0.05) is 28.1 Å². The number of nitrogens with zero attached hydrogens (tertiary/aromatic N) is 1. The zero-order valence-electron chi connectivity index (χ0n) is 10.3. The van der Waals surface area contributed by atoms with Crippen molar-refractivity contribution in [3.63, 3.8) is 0 Å². The fourth-order valence-corrected chi connectivity index (χ4v) is 1.39. The van der Waals surface area contributed by atoms with E-state index in [1.54, 1.807) is 20.2 Å². The number of hydrogen-bond acceptors (Lipinski definition) is 2. The number of likely N-dealkylation sites (N-methyl/N-ethyl adjacent to an activating group) is 1. The first-order chi connectivity index (χ1) is 8.49. The molecule has 0 bridgehead atoms. The lowest BCUT2D eigenvalue weighted by Gasteiger charge is -2.09. The smallest absolute Gasteiger partial charge is 0.244 e. The predicted octanol–water partition coefficient (Wildman–Crippen LogP) is 1.67. The largest absolute Gasteiger partial charge is 0.347 e. The van der Waals surface area contributed by atoms with Crippen LogP contribution in [0.3, 0.4) is 0 Å². The van der Waals surface area contributed by atoms with Gasteiger partial charge in [0.25, 0.3) is 0 Å². The van der Waals surface area contributed by atoms with Gasteiger partial charge in [-0.2, -0.15) is 0 Å². The average molecular weight is 311 g/mol. The molecule has 0 heterocycles. The van der Waals surface area contributed by atoms with Gasteiger partial charge in [-0.15, -0.1) is 0 Å². The molecular formula is C13H15BrN2O2. The highest BCUT2D eigenvalue weighted by Gasteiger charge is 2.04. The molecule has 2 amide bonds. The molecule has 0 atom stereocenters. The van der Waals surface area contributed by atoms with Gasteiger partial charge in [-0.05, 0) is 23.8 Å². The molecule has 0 fully saturated rings. The molecule has 1 aromatic carbocycles. The summed E-state index contributed by atoms with van der Waals surface area (Å²) in [5.74, 6) is -0.423. The average Bonchev–Trinajstić information content (AvgIpc) is 2.35. The van der Waals surface area contributed by atoms with Gasteiger partial charge in [0.05, 0.1) is 6.54 Å². The molecule has 0 saturated carbocycles. The van der Waals surface area contributed by atoms with Crippen LogP contribution in [0.1, 0.15) is 5.56 Å². The van der Waals surface area contributed by atoms with Crippen molar-refractivity contribution in [3.8, 4) is 0 Å². The summed E-state index contributed by atoms with van der Waals surface area (Å²) in [5.41, 5.74) is 0.923. The lowest BCUT2D eigenvalue weighted by molar-refractivity contribution is -0.129. The summed E-state index contributed by atoms with van der Waals surface area (Å²) in [5, 5.41) is 2.52. The predicted molar refractivity (Wildman–Crippen MR) is 74.9 cm³/mol. The number of carbonyl (C=O) groups is 2. The van der Waals surface area contributed by atoms with Crippen molar-refractivity contribution in [3.05, 3.63) is 40.4 Å². The standard InChI is InChI=1S/C13H15BrN2O2/c1-16(2)13(18)9-15-12(17)8-5-10-3-6-11(14)7-4-10/h3-8H,9H2,1-2H3,(H,15,17)/b8-5+. The molecule has 0 radical (unpaired) electrons. The number of nitrogens with one attached hydrogen (secondary N) is 1. The maximum atomic E-state index is 11.4. The van der Waals surface area contributed by atoms with E-state index in [9.17, 15) is 9.59 Å². The topological polar surface area (TPSA) is 49.4 Å². The molecule has 1 N–H and O–H groups in total. The van der Waals surface area contributed by atoms with Gasteiger partial charge >= 0.3 is 0 Å². The Morgan fingerprint density at radius 2 is 1.89 bits per heavy atom. The van der Waals surface area contributed by atoms with Gasteiger partial charge in [0, 0.05) is 24.6 Å². The molecule has 0 spiro atoms. The van der Waals surface area contributed by atoms with E-state index in [1.165, 1.54) is 11.0 Å². The first-order valence-corrected chi connectivity index (χ1v) is 6.20. The molecule has 96 valence electrons. The van der Waals surface area contributed by atoms with E-state index in [0.29, 0.717) is 0 Å². The first-order valence-electron chi connectivity index (χ1n) is 5.40. The van der Waals surface area contributed by atoms with Crippen molar-refractivity contribution in [2.45, 2.75) is 0 Å². The number of benzene rings is 1. The minimum atomic E-state index is -0.284. The van der Waals surface area contributed by atoms with Crippen LogP contribution >= 0.6 is 15.9 Å². The lowest BCUT2D eigenvalue weighted by Crippen LogP contribution is -2.35. The van der Waals surface area contributed by atoms with Crippen LogP contribution in [0.25, 0.3) is 6.08 Å². The summed E-state index contributed by atoms with van der Waals surface area (Å²) in [6, 6.07) is 7.57. The van der Waals surface area contributed by atoms with Crippen molar-refractivity contribution >= 4 is 33.8 Å². The lowest BCUT2D eigenvalue weighted by atomic mass is 10.2. The van der Waals surface area contributed by atoms with Gasteiger partial charge in [0.1, 0.15) is 0 Å². The maximum Gasteiger partial charge on any atom is 0.244 e. The third-order valence-electron chi connectivity index (χ3n) is 2.21. The summed E-state index contributed by atoms with van der Waals surface area (Å²) < 4.78 is 0.987. The summed E-state index contributed by atoms with van der Waals surface area (Å²) in [6.07, 6.45) is 3.11. The van der Waals surface area contributed by atoms with Gasteiger partial charge in [0.15, 0.2) is 0 Å². The number of hydrogen-bond donors (Lipinski definition) is 1. The molecule has 18 heavy (non-hydrogen) atoms. The number of amides is 2. The van der Waals surface area contributed by atoms with Crippen LogP contribution in [0.15, 0.2) is 34.8 Å². The highest BCUT2D eigenvalue weighted by Crippen LogP contribution is 2.11. The molecule has 0 aliphatic carbocycles. The second-order valence-electron chi connectivity index (χ2n) is 3.89. The van der Waals surface area contributed by atoms with E-state index in [1.807, 2.05) is 24.3 Å². The third-order valence-corrected chi connectivity index (χ3v) is 2.74. The fourth-order valence-electron chi connectivity index (χ4n) is 1.13. The third kappa shape index (κ3) is 5.14. The van der Waals surface area contributed by atoms with Crippen LogP contribution in [0.4, 0.5) is 0 Å². The number of halogens is 1. The van der Waals surface area contributed by atoms with Crippen molar-refractivity contribution in [2.75, 3.05) is 20.6 Å². The van der Waals surface area contributed by atoms with Crippen LogP contribution in [0, 0.1) is 0 Å². The summed E-state index contributed by atoms with van der Waals surface area (Å²) >= 11 is 3.33. The molecule has 5 heteroatoms. The van der Waals surface area contributed by atoms with E-state index in [2.05, 4.69) is 21.2 Å². The van der Waals surface area contributed by atoms with Crippen molar-refractivity contribution in [1.82, 2.24) is 10.2 Å². The molecular weight excluding hydrogens is 296 g/mol. The van der Waals surface area contributed by atoms with Crippen LogP contribution < -0.4 is 5.32 Å². The Balaban J connectivity index is 2.45. The molecule has 0 aliphatic rings. The van der Waals surface area contributed by atoms with Crippen LogP contribution in [-0.4, -0.2) is 37.4 Å². The molecule has 1 rings (SSSR count). The van der Waals surface area contributed by atoms with Crippen LogP contribution in [-0.2, 0) is 9.59 Å². The van der Waals surface area contributed by atoms with E-state index in [4.69, 9.17) is 0 Å². The molecule has 1 aromatic rings. The zero-order chi connectivity index (χ0) is 13.5. The first kappa shape index (κ1) is 14.4. The molecule has 0 saturated heterocycles. The molecule has 0 unspecified atom stereocenters. The Morgan fingerprint density at radius 1 is 1.28 bits per heavy atom. The molecule has 0 aromatic heterocycles. The summed E-state index contributed by atoms with van der Waals surface area (Å²) in [6.45, 7) is 0.0104. The monoisotopic (exact) mass is 310 g/mol. The SMILES string of the molecule is CN(C)C(=O)CNC(=O)/C=C/c1ccc(Br)cc1. The number of rotatable bonds is 4. The Bertz CT molecular complexity index is 453. The molecule has 0 aliphatic heterocycles. The van der Waals surface area contributed by atoms with Crippen molar-refractivity contribution in [1.29, 1.82) is 0 Å². The second kappa shape index (κ2) is 6.96. The highest BCUT2D eigenvalue weighted by atomic mass is 79.9. The molecule has 4 nitrogen and oxygen atoms in total. The summed E-state index contributed by atoms with van der Waals surface area (Å²) in [4.78, 5) is 24.1. The zero-order valence-corrected chi connectivity index (χ0v) is 11.9. The van der Waals surface area contributed by atoms with Crippen LogP contribution in [0.2, 0.25) is 0 Å². The normalized spacial score (nSPS) is 10.4. The van der Waals surface area contributed by atoms with Crippen LogP contribution in [0.5, 0.6) is 0 Å². The van der Waals surface area contributed by atoms with Gasteiger partial charge < -0.3 is 10.2 Å². The Morgan fingerprint density at radius 3 is 2.44 bits per heavy atom. The van der Waals surface area contributed by atoms with Gasteiger partial charge in [0.2, 0.25) is 11.8 Å². The van der Waals surface area contributed by atoms with Crippen molar-refractivity contribution < 1.29 is 9.59 Å². The van der Waals surface area contributed by atoms with Gasteiger partial charge in [-0.25, -0.2) is 0 Å². The minimum Gasteiger partial charge on any atom is -0.347 e. The van der Waals surface area contributed by atoms with E-state index in [-0.39, 0.29) is 18.4 Å². The quantitative estimate of drug-likeness (QED) is 0.860. The Kier molecular flexibility index (Phi) is 5.58. The summed E-state index contributed by atoms with van der Waals surface area (Å²) in [7, 11) is 3.29. The highest BCUT2D eigenvalue weighted by molar-refractivity contribution is 9.10. The Hall–Kier alpha value is -1.62. The Labute approximate surface area is 115 Å². The minimum absolute atomic E-state index is 0.0104.